The van der Waals surface area contributed by atoms with Crippen LogP contribution in [-0.2, 0) is 24.2 Å². The molecule has 1 aromatic heterocycles. The standard InChI is InChI=1S/C22H29N3O2/c1-15-7-5-6-8-17(15)13-25-19-11-12-24(21(26)27-22(2,3)4)14-18(19)23-20(25)16-9-10-16/h5-8,16H,9-14H2,1-4H3. The van der Waals surface area contributed by atoms with Gasteiger partial charge in [-0.25, -0.2) is 9.78 Å². The van der Waals surface area contributed by atoms with Gasteiger partial charge in [-0.3, -0.25) is 0 Å². The van der Waals surface area contributed by atoms with Crippen LogP contribution < -0.4 is 0 Å². The molecule has 144 valence electrons. The predicted molar refractivity (Wildman–Crippen MR) is 105 cm³/mol. The van der Waals surface area contributed by atoms with E-state index in [9.17, 15) is 4.79 Å². The van der Waals surface area contributed by atoms with Crippen LogP contribution >= 0.6 is 0 Å². The number of aromatic nitrogens is 2. The zero-order valence-corrected chi connectivity index (χ0v) is 16.8. The summed E-state index contributed by atoms with van der Waals surface area (Å²) in [6.07, 6.45) is 3.04. The van der Waals surface area contributed by atoms with E-state index in [0.717, 1.165) is 18.7 Å². The van der Waals surface area contributed by atoms with Gasteiger partial charge < -0.3 is 14.2 Å². The normalized spacial score (nSPS) is 17.0. The zero-order valence-electron chi connectivity index (χ0n) is 16.8. The molecule has 1 aliphatic heterocycles. The van der Waals surface area contributed by atoms with Crippen LogP contribution in [0, 0.1) is 6.92 Å². The molecule has 1 aromatic carbocycles. The third-order valence-electron chi connectivity index (χ3n) is 5.33. The first-order chi connectivity index (χ1) is 12.8. The molecular weight excluding hydrogens is 338 g/mol. The van der Waals surface area contributed by atoms with Crippen molar-refractivity contribution in [3.63, 3.8) is 0 Å². The second-order valence-electron chi connectivity index (χ2n) is 8.80. The topological polar surface area (TPSA) is 47.4 Å². The molecule has 0 bridgehead atoms. The van der Waals surface area contributed by atoms with Crippen molar-refractivity contribution in [3.8, 4) is 0 Å². The molecular formula is C22H29N3O2. The molecule has 1 fully saturated rings. The Labute approximate surface area is 161 Å². The monoisotopic (exact) mass is 367 g/mol. The van der Waals surface area contributed by atoms with Gasteiger partial charge in [0.25, 0.3) is 0 Å². The first-order valence-electron chi connectivity index (χ1n) is 9.92. The highest BCUT2D eigenvalue weighted by molar-refractivity contribution is 5.68. The van der Waals surface area contributed by atoms with Gasteiger partial charge in [0.2, 0.25) is 0 Å². The minimum atomic E-state index is -0.471. The summed E-state index contributed by atoms with van der Waals surface area (Å²) in [5.41, 5.74) is 4.52. The molecule has 2 aromatic rings. The molecule has 1 amide bonds. The molecule has 2 heterocycles. The molecule has 0 spiro atoms. The first-order valence-corrected chi connectivity index (χ1v) is 9.92. The van der Waals surface area contributed by atoms with Gasteiger partial charge in [-0.2, -0.15) is 0 Å². The number of aryl methyl sites for hydroxylation is 1. The van der Waals surface area contributed by atoms with Gasteiger partial charge >= 0.3 is 6.09 Å². The van der Waals surface area contributed by atoms with E-state index in [1.54, 1.807) is 4.90 Å². The number of imidazole rings is 1. The lowest BCUT2D eigenvalue weighted by Crippen LogP contribution is -2.40. The first kappa shape index (κ1) is 18.1. The molecule has 0 N–H and O–H groups in total. The maximum Gasteiger partial charge on any atom is 0.410 e. The number of carbonyl (C=O) groups excluding carboxylic acids is 1. The molecule has 0 unspecified atom stereocenters. The van der Waals surface area contributed by atoms with Gasteiger partial charge in [-0.15, -0.1) is 0 Å². The van der Waals surface area contributed by atoms with E-state index in [0.29, 0.717) is 19.0 Å². The Bertz CT molecular complexity index is 859. The highest BCUT2D eigenvalue weighted by atomic mass is 16.6. The average molecular weight is 367 g/mol. The minimum absolute atomic E-state index is 0.241. The van der Waals surface area contributed by atoms with Gasteiger partial charge in [0.05, 0.1) is 12.2 Å². The van der Waals surface area contributed by atoms with Gasteiger partial charge in [0, 0.05) is 31.1 Å². The number of benzene rings is 1. The van der Waals surface area contributed by atoms with Crippen LogP contribution in [0.4, 0.5) is 4.79 Å². The lowest BCUT2D eigenvalue weighted by molar-refractivity contribution is 0.0220. The van der Waals surface area contributed by atoms with Gasteiger partial charge in [-0.1, -0.05) is 24.3 Å². The van der Waals surface area contributed by atoms with E-state index in [-0.39, 0.29) is 6.09 Å². The molecule has 0 atom stereocenters. The summed E-state index contributed by atoms with van der Waals surface area (Å²) in [4.78, 5) is 19.2. The number of hydrogen-bond donors (Lipinski definition) is 0. The Morgan fingerprint density at radius 3 is 2.67 bits per heavy atom. The third-order valence-corrected chi connectivity index (χ3v) is 5.33. The predicted octanol–water partition coefficient (Wildman–Crippen LogP) is 4.41. The largest absolute Gasteiger partial charge is 0.444 e. The van der Waals surface area contributed by atoms with Crippen LogP contribution in [0.15, 0.2) is 24.3 Å². The van der Waals surface area contributed by atoms with Crippen LogP contribution in [0.1, 0.15) is 67.9 Å². The average Bonchev–Trinajstić information content (AvgIpc) is 3.38. The van der Waals surface area contributed by atoms with E-state index in [1.807, 2.05) is 20.8 Å². The van der Waals surface area contributed by atoms with Crippen LogP contribution in [0.25, 0.3) is 0 Å². The number of nitrogens with zero attached hydrogens (tertiary/aromatic N) is 3. The number of fused-ring (bicyclic) bond motifs is 1. The molecule has 1 saturated carbocycles. The highest BCUT2D eigenvalue weighted by Crippen LogP contribution is 2.41. The Hall–Kier alpha value is -2.30. The van der Waals surface area contributed by atoms with E-state index in [1.165, 1.54) is 35.5 Å². The molecule has 0 radical (unpaired) electrons. The minimum Gasteiger partial charge on any atom is -0.444 e. The second kappa shape index (κ2) is 6.70. The summed E-state index contributed by atoms with van der Waals surface area (Å²) in [6.45, 7) is 9.98. The smallest absolute Gasteiger partial charge is 0.410 e. The van der Waals surface area contributed by atoms with Crippen molar-refractivity contribution in [2.75, 3.05) is 6.54 Å². The molecule has 2 aliphatic rings. The number of rotatable bonds is 3. The van der Waals surface area contributed by atoms with Crippen molar-refractivity contribution in [2.45, 2.75) is 71.6 Å². The van der Waals surface area contributed by atoms with E-state index in [2.05, 4.69) is 35.8 Å². The van der Waals surface area contributed by atoms with E-state index < -0.39 is 5.60 Å². The Balaban J connectivity index is 1.60. The summed E-state index contributed by atoms with van der Waals surface area (Å²) >= 11 is 0. The Kier molecular flexibility index (Phi) is 4.49. The quantitative estimate of drug-likeness (QED) is 0.807. The van der Waals surface area contributed by atoms with Crippen molar-refractivity contribution in [1.29, 1.82) is 0 Å². The molecule has 4 rings (SSSR count). The fraction of sp³-hybridized carbons (Fsp3) is 0.545. The SMILES string of the molecule is Cc1ccccc1Cn1c(C2CC2)nc2c1CCN(C(=O)OC(C)(C)C)C2. The van der Waals surface area contributed by atoms with Crippen molar-refractivity contribution < 1.29 is 9.53 Å². The molecule has 5 nitrogen and oxygen atoms in total. The fourth-order valence-corrected chi connectivity index (χ4v) is 3.73. The number of amides is 1. The lowest BCUT2D eigenvalue weighted by atomic mass is 10.1. The number of carbonyl (C=O) groups is 1. The second-order valence-corrected chi connectivity index (χ2v) is 8.80. The summed E-state index contributed by atoms with van der Waals surface area (Å²) < 4.78 is 7.97. The van der Waals surface area contributed by atoms with Crippen molar-refractivity contribution in [2.24, 2.45) is 0 Å². The van der Waals surface area contributed by atoms with Gasteiger partial charge in [0.15, 0.2) is 0 Å². The number of ether oxygens (including phenoxy) is 1. The van der Waals surface area contributed by atoms with Crippen LogP contribution in [-0.4, -0.2) is 32.7 Å². The summed E-state index contributed by atoms with van der Waals surface area (Å²) in [7, 11) is 0. The summed E-state index contributed by atoms with van der Waals surface area (Å²) in [5, 5.41) is 0. The van der Waals surface area contributed by atoms with E-state index in [4.69, 9.17) is 9.72 Å². The highest BCUT2D eigenvalue weighted by Gasteiger charge is 2.34. The summed E-state index contributed by atoms with van der Waals surface area (Å²) in [6, 6.07) is 8.56. The van der Waals surface area contributed by atoms with Crippen LogP contribution in [0.2, 0.25) is 0 Å². The van der Waals surface area contributed by atoms with E-state index >= 15 is 0 Å². The third kappa shape index (κ3) is 3.87. The zero-order chi connectivity index (χ0) is 19.2. The maximum absolute atomic E-state index is 12.5. The fourth-order valence-electron chi connectivity index (χ4n) is 3.73. The van der Waals surface area contributed by atoms with Crippen LogP contribution in [0.3, 0.4) is 0 Å². The molecule has 1 aliphatic carbocycles. The number of hydrogen-bond acceptors (Lipinski definition) is 3. The van der Waals surface area contributed by atoms with Crippen molar-refractivity contribution in [1.82, 2.24) is 14.5 Å². The lowest BCUT2D eigenvalue weighted by Gasteiger charge is -2.30. The molecule has 27 heavy (non-hydrogen) atoms. The molecule has 5 heteroatoms. The van der Waals surface area contributed by atoms with Gasteiger partial charge in [-0.05, 0) is 51.7 Å². The van der Waals surface area contributed by atoms with Crippen LogP contribution in [0.5, 0.6) is 0 Å². The van der Waals surface area contributed by atoms with Crippen molar-refractivity contribution in [3.05, 3.63) is 52.6 Å². The molecule has 0 saturated heterocycles. The Morgan fingerprint density at radius 2 is 2.00 bits per heavy atom. The van der Waals surface area contributed by atoms with Gasteiger partial charge in [0.1, 0.15) is 11.4 Å². The van der Waals surface area contributed by atoms with Crippen molar-refractivity contribution >= 4 is 6.09 Å². The maximum atomic E-state index is 12.5. The summed E-state index contributed by atoms with van der Waals surface area (Å²) in [5.74, 6) is 1.78. The Morgan fingerprint density at radius 1 is 1.26 bits per heavy atom.